The quantitative estimate of drug-likeness (QED) is 0.783. The third-order valence-electron chi connectivity index (χ3n) is 3.00. The van der Waals surface area contributed by atoms with E-state index in [1.807, 2.05) is 43.3 Å². The van der Waals surface area contributed by atoms with Gasteiger partial charge < -0.3 is 10.4 Å². The zero-order valence-electron chi connectivity index (χ0n) is 11.2. The number of carbonyl (C=O) groups is 1. The molecule has 0 spiro atoms. The lowest BCUT2D eigenvalue weighted by molar-refractivity contribution is -0.123. The predicted octanol–water partition coefficient (Wildman–Crippen LogP) is 1.65. The number of aliphatic hydroxyl groups is 1. The summed E-state index contributed by atoms with van der Waals surface area (Å²) in [7, 11) is 0. The van der Waals surface area contributed by atoms with Gasteiger partial charge in [-0.3, -0.25) is 4.79 Å². The van der Waals surface area contributed by atoms with E-state index in [-0.39, 0.29) is 5.91 Å². The summed E-state index contributed by atoms with van der Waals surface area (Å²) >= 11 is 0. The normalized spacial score (nSPS) is 13.3. The van der Waals surface area contributed by atoms with Gasteiger partial charge in [-0.25, -0.2) is 0 Å². The Balaban J connectivity index is 2.42. The molecule has 2 atom stereocenters. The van der Waals surface area contributed by atoms with Crippen LogP contribution in [0.3, 0.4) is 0 Å². The first-order valence-electron chi connectivity index (χ1n) is 6.56. The third kappa shape index (κ3) is 5.54. The van der Waals surface area contributed by atoms with Crippen molar-refractivity contribution >= 4 is 5.91 Å². The summed E-state index contributed by atoms with van der Waals surface area (Å²) in [6.07, 6.45) is 1.21. The molecule has 0 heterocycles. The van der Waals surface area contributed by atoms with Crippen LogP contribution < -0.4 is 5.32 Å². The van der Waals surface area contributed by atoms with Crippen LogP contribution in [0.4, 0.5) is 0 Å². The standard InChI is InChI=1S/C15H20N2O2/c1-2-14(18)8-9-17-15(19)13(11-16)10-12-6-4-3-5-7-12/h3-7,13-14,18H,2,8-10H2,1H3,(H,17,19). The zero-order valence-corrected chi connectivity index (χ0v) is 11.2. The van der Waals surface area contributed by atoms with E-state index in [0.717, 1.165) is 5.56 Å². The predicted molar refractivity (Wildman–Crippen MR) is 73.2 cm³/mol. The van der Waals surface area contributed by atoms with Gasteiger partial charge in [0.1, 0.15) is 5.92 Å². The average molecular weight is 260 g/mol. The SMILES string of the molecule is CCC(O)CCNC(=O)C(C#N)Cc1ccccc1. The van der Waals surface area contributed by atoms with Crippen molar-refractivity contribution in [1.82, 2.24) is 5.32 Å². The molecule has 1 rings (SSSR count). The minimum absolute atomic E-state index is 0.269. The summed E-state index contributed by atoms with van der Waals surface area (Å²) in [6.45, 7) is 2.29. The summed E-state index contributed by atoms with van der Waals surface area (Å²) in [6, 6.07) is 11.5. The van der Waals surface area contributed by atoms with E-state index in [1.54, 1.807) is 0 Å². The Bertz CT molecular complexity index is 426. The Morgan fingerprint density at radius 2 is 2.11 bits per heavy atom. The van der Waals surface area contributed by atoms with Crippen molar-refractivity contribution in [2.24, 2.45) is 5.92 Å². The zero-order chi connectivity index (χ0) is 14.1. The van der Waals surface area contributed by atoms with Gasteiger partial charge in [-0.1, -0.05) is 37.3 Å². The fourth-order valence-corrected chi connectivity index (χ4v) is 1.74. The highest BCUT2D eigenvalue weighted by Crippen LogP contribution is 2.08. The number of aliphatic hydroxyl groups excluding tert-OH is 1. The number of amides is 1. The van der Waals surface area contributed by atoms with E-state index in [4.69, 9.17) is 5.26 Å². The van der Waals surface area contributed by atoms with E-state index in [0.29, 0.717) is 25.8 Å². The Hall–Kier alpha value is -1.86. The molecular weight excluding hydrogens is 240 g/mol. The minimum Gasteiger partial charge on any atom is -0.393 e. The molecule has 2 N–H and O–H groups in total. The van der Waals surface area contributed by atoms with E-state index in [2.05, 4.69) is 5.32 Å². The number of rotatable bonds is 7. The first kappa shape index (κ1) is 15.2. The van der Waals surface area contributed by atoms with E-state index in [9.17, 15) is 9.90 Å². The van der Waals surface area contributed by atoms with Crippen molar-refractivity contribution in [3.05, 3.63) is 35.9 Å². The lowest BCUT2D eigenvalue weighted by Gasteiger charge is -2.12. The Kier molecular flexibility index (Phi) is 6.62. The van der Waals surface area contributed by atoms with Gasteiger partial charge in [0, 0.05) is 6.54 Å². The van der Waals surface area contributed by atoms with E-state index >= 15 is 0 Å². The molecule has 0 bridgehead atoms. The van der Waals surface area contributed by atoms with Crippen molar-refractivity contribution in [3.63, 3.8) is 0 Å². The maximum Gasteiger partial charge on any atom is 0.237 e. The van der Waals surface area contributed by atoms with Gasteiger partial charge in [-0.2, -0.15) is 5.26 Å². The third-order valence-corrected chi connectivity index (χ3v) is 3.00. The fraction of sp³-hybridized carbons (Fsp3) is 0.467. The van der Waals surface area contributed by atoms with Crippen molar-refractivity contribution in [3.8, 4) is 6.07 Å². The van der Waals surface area contributed by atoms with Gasteiger partial charge in [0.25, 0.3) is 0 Å². The highest BCUT2D eigenvalue weighted by molar-refractivity contribution is 5.81. The molecule has 0 saturated carbocycles. The number of nitrogens with one attached hydrogen (secondary N) is 1. The first-order valence-corrected chi connectivity index (χ1v) is 6.56. The largest absolute Gasteiger partial charge is 0.393 e. The topological polar surface area (TPSA) is 73.1 Å². The molecule has 0 aliphatic rings. The highest BCUT2D eigenvalue weighted by Gasteiger charge is 2.18. The van der Waals surface area contributed by atoms with Gasteiger partial charge in [0.2, 0.25) is 5.91 Å². The molecule has 4 heteroatoms. The number of carbonyl (C=O) groups excluding carboxylic acids is 1. The molecule has 1 amide bonds. The number of hydrogen-bond acceptors (Lipinski definition) is 3. The molecule has 0 radical (unpaired) electrons. The van der Waals surface area contributed by atoms with Crippen LogP contribution in [-0.2, 0) is 11.2 Å². The molecule has 0 aromatic heterocycles. The number of benzene rings is 1. The molecule has 0 fully saturated rings. The second-order valence-corrected chi connectivity index (χ2v) is 4.51. The lowest BCUT2D eigenvalue weighted by atomic mass is 10.00. The minimum atomic E-state index is -0.679. The van der Waals surface area contributed by atoms with Crippen LogP contribution in [0.1, 0.15) is 25.3 Å². The van der Waals surface area contributed by atoms with Crippen LogP contribution in [0.15, 0.2) is 30.3 Å². The maximum absolute atomic E-state index is 11.8. The Morgan fingerprint density at radius 3 is 2.68 bits per heavy atom. The van der Waals surface area contributed by atoms with Crippen LogP contribution in [0.2, 0.25) is 0 Å². The monoisotopic (exact) mass is 260 g/mol. The van der Waals surface area contributed by atoms with Crippen LogP contribution in [0.25, 0.3) is 0 Å². The van der Waals surface area contributed by atoms with Gasteiger partial charge in [-0.05, 0) is 24.8 Å². The molecule has 0 aliphatic carbocycles. The number of nitriles is 1. The molecule has 102 valence electrons. The molecule has 0 aliphatic heterocycles. The molecule has 0 saturated heterocycles. The second-order valence-electron chi connectivity index (χ2n) is 4.51. The fourth-order valence-electron chi connectivity index (χ4n) is 1.74. The van der Waals surface area contributed by atoms with Gasteiger partial charge in [-0.15, -0.1) is 0 Å². The molecule has 19 heavy (non-hydrogen) atoms. The number of hydrogen-bond donors (Lipinski definition) is 2. The van der Waals surface area contributed by atoms with Crippen molar-refractivity contribution < 1.29 is 9.90 Å². The van der Waals surface area contributed by atoms with Crippen LogP contribution in [0.5, 0.6) is 0 Å². The van der Waals surface area contributed by atoms with Crippen molar-refractivity contribution in [2.45, 2.75) is 32.3 Å². The summed E-state index contributed by atoms with van der Waals surface area (Å²) in [5.41, 5.74) is 0.970. The Morgan fingerprint density at radius 1 is 1.42 bits per heavy atom. The highest BCUT2D eigenvalue weighted by atomic mass is 16.3. The van der Waals surface area contributed by atoms with Gasteiger partial charge in [0.15, 0.2) is 0 Å². The molecule has 2 unspecified atom stereocenters. The maximum atomic E-state index is 11.8. The van der Waals surface area contributed by atoms with Crippen LogP contribution in [0, 0.1) is 17.2 Å². The van der Waals surface area contributed by atoms with E-state index < -0.39 is 12.0 Å². The smallest absolute Gasteiger partial charge is 0.237 e. The number of nitrogens with zero attached hydrogens (tertiary/aromatic N) is 1. The van der Waals surface area contributed by atoms with Crippen molar-refractivity contribution in [1.29, 1.82) is 5.26 Å². The van der Waals surface area contributed by atoms with Crippen LogP contribution >= 0.6 is 0 Å². The van der Waals surface area contributed by atoms with Gasteiger partial charge >= 0.3 is 0 Å². The van der Waals surface area contributed by atoms with Crippen LogP contribution in [-0.4, -0.2) is 23.7 Å². The van der Waals surface area contributed by atoms with Gasteiger partial charge in [0.05, 0.1) is 12.2 Å². The average Bonchev–Trinajstić information content (AvgIpc) is 2.45. The molecular formula is C15H20N2O2. The summed E-state index contributed by atoms with van der Waals surface area (Å²) in [4.78, 5) is 11.8. The summed E-state index contributed by atoms with van der Waals surface area (Å²) < 4.78 is 0. The molecule has 4 nitrogen and oxygen atoms in total. The summed E-state index contributed by atoms with van der Waals surface area (Å²) in [5.74, 6) is -0.948. The molecule has 1 aromatic carbocycles. The lowest BCUT2D eigenvalue weighted by Crippen LogP contribution is -2.33. The first-order chi connectivity index (χ1) is 9.17. The molecule has 1 aromatic rings. The van der Waals surface area contributed by atoms with Crippen molar-refractivity contribution in [2.75, 3.05) is 6.54 Å². The second kappa shape index (κ2) is 8.28. The summed E-state index contributed by atoms with van der Waals surface area (Å²) in [5, 5.41) is 21.1. The Labute approximate surface area is 114 Å². The van der Waals surface area contributed by atoms with E-state index in [1.165, 1.54) is 0 Å².